The Morgan fingerprint density at radius 1 is 1.12 bits per heavy atom. The van der Waals surface area contributed by atoms with E-state index in [4.69, 9.17) is 10.8 Å². The Labute approximate surface area is 153 Å². The largest absolute Gasteiger partial charge is 0.399 e. The Kier molecular flexibility index (Phi) is 4.46. The van der Waals surface area contributed by atoms with Crippen molar-refractivity contribution in [2.45, 2.75) is 19.0 Å². The lowest BCUT2D eigenvalue weighted by Gasteiger charge is -2.14. The van der Waals surface area contributed by atoms with Gasteiger partial charge in [0.1, 0.15) is 0 Å². The lowest BCUT2D eigenvalue weighted by molar-refractivity contribution is 0.682. The molecule has 2 N–H and O–H groups in total. The highest BCUT2D eigenvalue weighted by molar-refractivity contribution is 8.93. The molecule has 0 saturated heterocycles. The fraction of sp³-hybridized carbons (Fsp3) is 0.200. The zero-order valence-electron chi connectivity index (χ0n) is 13.2. The van der Waals surface area contributed by atoms with Gasteiger partial charge >= 0.3 is 0 Å². The molecule has 2 aromatic heterocycles. The number of aryl methyl sites for hydroxylation is 2. The Balaban J connectivity index is 0.00000169. The number of rotatable bonds is 2. The highest BCUT2D eigenvalue weighted by Gasteiger charge is 2.22. The molecule has 4 rings (SSSR count). The number of halogens is 1. The summed E-state index contributed by atoms with van der Waals surface area (Å²) in [5.74, 6) is 1.35. The maximum absolute atomic E-state index is 5.75. The monoisotopic (exact) mass is 405 g/mol. The van der Waals surface area contributed by atoms with Crippen LogP contribution in [-0.2, 0) is 0 Å². The minimum absolute atomic E-state index is 0. The summed E-state index contributed by atoms with van der Waals surface area (Å²) in [6.45, 7) is 3.94. The number of nitrogens with two attached hydrogens (primary N) is 1. The maximum atomic E-state index is 5.75. The van der Waals surface area contributed by atoms with Crippen LogP contribution in [0.25, 0.3) is 5.95 Å². The van der Waals surface area contributed by atoms with Crippen LogP contribution in [-0.4, -0.2) is 36.1 Å². The molecule has 3 heterocycles. The number of nitrogens with zero attached hydrogens (tertiary/aromatic N) is 6. The summed E-state index contributed by atoms with van der Waals surface area (Å²) in [6, 6.07) is 9.72. The first-order chi connectivity index (χ1) is 11.1. The number of aromatic nitrogens is 5. The predicted molar refractivity (Wildman–Crippen MR) is 100 cm³/mol. The molecule has 0 saturated carbocycles. The van der Waals surface area contributed by atoms with Crippen LogP contribution in [0.1, 0.15) is 17.0 Å². The smallest absolute Gasteiger partial charge is 0.274 e. The normalized spacial score (nSPS) is 13.2. The van der Waals surface area contributed by atoms with Crippen molar-refractivity contribution in [3.63, 3.8) is 0 Å². The van der Waals surface area contributed by atoms with Crippen molar-refractivity contribution >= 4 is 40.1 Å². The molecule has 0 unspecified atom stereocenters. The number of benzene rings is 1. The van der Waals surface area contributed by atoms with Gasteiger partial charge in [0.2, 0.25) is 5.16 Å². The maximum Gasteiger partial charge on any atom is 0.274 e. The molecule has 1 aromatic carbocycles. The molecule has 0 aliphatic carbocycles. The van der Waals surface area contributed by atoms with Gasteiger partial charge in [-0.25, -0.2) is 4.68 Å². The topological polar surface area (TPSA) is 86.9 Å². The average Bonchev–Trinajstić information content (AvgIpc) is 3.10. The predicted octanol–water partition coefficient (Wildman–Crippen LogP) is 2.60. The van der Waals surface area contributed by atoms with E-state index in [1.54, 1.807) is 21.1 Å². The number of hydrogen-bond donors (Lipinski definition) is 1. The van der Waals surface area contributed by atoms with E-state index in [0.717, 1.165) is 39.3 Å². The fourth-order valence-electron chi connectivity index (χ4n) is 2.50. The second kappa shape index (κ2) is 6.40. The molecular formula is C15H16BrN7S. The second-order valence-corrected chi connectivity index (χ2v) is 6.33. The van der Waals surface area contributed by atoms with Crippen LogP contribution in [0, 0.1) is 13.8 Å². The van der Waals surface area contributed by atoms with Crippen LogP contribution in [0.4, 0.5) is 5.69 Å². The lowest BCUT2D eigenvalue weighted by atomic mass is 10.1. The van der Waals surface area contributed by atoms with Crippen molar-refractivity contribution in [1.29, 1.82) is 0 Å². The van der Waals surface area contributed by atoms with Gasteiger partial charge in [0.15, 0.2) is 0 Å². The third-order valence-corrected chi connectivity index (χ3v) is 4.53. The van der Waals surface area contributed by atoms with E-state index in [1.807, 2.05) is 44.2 Å². The first-order valence-corrected chi connectivity index (χ1v) is 8.16. The average molecular weight is 406 g/mol. The molecule has 0 amide bonds. The quantitative estimate of drug-likeness (QED) is 0.662. The molecule has 24 heavy (non-hydrogen) atoms. The molecule has 124 valence electrons. The zero-order valence-corrected chi connectivity index (χ0v) is 15.7. The van der Waals surface area contributed by atoms with Crippen molar-refractivity contribution in [2.75, 3.05) is 11.5 Å². The van der Waals surface area contributed by atoms with Gasteiger partial charge in [-0.05, 0) is 37.6 Å². The third-order valence-electron chi connectivity index (χ3n) is 3.60. The molecule has 0 radical (unpaired) electrons. The lowest BCUT2D eigenvalue weighted by Crippen LogP contribution is -2.16. The summed E-state index contributed by atoms with van der Waals surface area (Å²) in [5, 5.41) is 18.4. The number of fused-ring (bicyclic) bond motifs is 1. The van der Waals surface area contributed by atoms with Crippen molar-refractivity contribution in [1.82, 2.24) is 24.7 Å². The first-order valence-electron chi connectivity index (χ1n) is 7.17. The van der Waals surface area contributed by atoms with Crippen LogP contribution >= 0.6 is 28.7 Å². The van der Waals surface area contributed by atoms with Gasteiger partial charge < -0.3 is 5.73 Å². The van der Waals surface area contributed by atoms with E-state index in [-0.39, 0.29) is 17.0 Å². The minimum atomic E-state index is 0. The highest BCUT2D eigenvalue weighted by Crippen LogP contribution is 2.26. The van der Waals surface area contributed by atoms with E-state index in [2.05, 4.69) is 15.3 Å². The summed E-state index contributed by atoms with van der Waals surface area (Å²) in [7, 11) is 0. The van der Waals surface area contributed by atoms with Gasteiger partial charge in [-0.1, -0.05) is 23.9 Å². The van der Waals surface area contributed by atoms with E-state index >= 15 is 0 Å². The van der Waals surface area contributed by atoms with Gasteiger partial charge in [0.05, 0.1) is 11.4 Å². The molecule has 1 aliphatic heterocycles. The van der Waals surface area contributed by atoms with Crippen LogP contribution in [0.5, 0.6) is 0 Å². The van der Waals surface area contributed by atoms with Crippen LogP contribution in [0.3, 0.4) is 0 Å². The van der Waals surface area contributed by atoms with Gasteiger partial charge in [-0.3, -0.25) is 0 Å². The standard InChI is InChI=1S/C15H15N7S.BrH/c1-9-7-10(2)21(19-9)14-17-18-15-22(14)20-13(8-23-15)11-3-5-12(16)6-4-11;/h3-7H,8,16H2,1-2H3;1H. The molecule has 0 fully saturated rings. The number of anilines is 1. The van der Waals surface area contributed by atoms with Gasteiger partial charge in [-0.2, -0.15) is 14.9 Å². The van der Waals surface area contributed by atoms with Crippen LogP contribution in [0.15, 0.2) is 40.6 Å². The molecule has 1 aliphatic rings. The zero-order chi connectivity index (χ0) is 16.0. The molecular weight excluding hydrogens is 390 g/mol. The molecule has 0 bridgehead atoms. The first kappa shape index (κ1) is 16.7. The summed E-state index contributed by atoms with van der Waals surface area (Å²) in [6.07, 6.45) is 0. The van der Waals surface area contributed by atoms with Crippen LogP contribution < -0.4 is 5.73 Å². The molecule has 3 aromatic rings. The third kappa shape index (κ3) is 2.84. The van der Waals surface area contributed by atoms with Gasteiger partial charge in [0.25, 0.3) is 5.95 Å². The SMILES string of the molecule is Br.Cc1cc(C)n(-c2nnc3n2N=C(c2ccc(N)cc2)CS3)n1. The molecule has 0 spiro atoms. The summed E-state index contributed by atoms with van der Waals surface area (Å²) in [5.41, 5.74) is 10.4. The van der Waals surface area contributed by atoms with E-state index in [9.17, 15) is 0 Å². The number of hydrogen-bond acceptors (Lipinski definition) is 6. The minimum Gasteiger partial charge on any atom is -0.399 e. The van der Waals surface area contributed by atoms with Gasteiger partial charge in [0, 0.05) is 17.1 Å². The van der Waals surface area contributed by atoms with E-state index in [0.29, 0.717) is 5.95 Å². The van der Waals surface area contributed by atoms with Crippen LogP contribution in [0.2, 0.25) is 0 Å². The summed E-state index contributed by atoms with van der Waals surface area (Å²) >= 11 is 1.61. The van der Waals surface area contributed by atoms with Crippen molar-refractivity contribution in [3.05, 3.63) is 47.3 Å². The second-order valence-electron chi connectivity index (χ2n) is 5.39. The Morgan fingerprint density at radius 2 is 1.88 bits per heavy atom. The molecule has 7 nitrogen and oxygen atoms in total. The highest BCUT2D eigenvalue weighted by atomic mass is 79.9. The van der Waals surface area contributed by atoms with Gasteiger partial charge in [-0.15, -0.1) is 27.2 Å². The van der Waals surface area contributed by atoms with Crippen molar-refractivity contribution in [3.8, 4) is 5.95 Å². The Bertz CT molecular complexity index is 911. The number of nitrogen functional groups attached to an aromatic ring is 1. The van der Waals surface area contributed by atoms with Crippen molar-refractivity contribution in [2.24, 2.45) is 5.10 Å². The van der Waals surface area contributed by atoms with Crippen molar-refractivity contribution < 1.29 is 0 Å². The fourth-order valence-corrected chi connectivity index (χ4v) is 3.33. The Hall–Kier alpha value is -2.13. The Morgan fingerprint density at radius 3 is 2.54 bits per heavy atom. The van der Waals surface area contributed by atoms with E-state index < -0.39 is 0 Å². The van der Waals surface area contributed by atoms with E-state index in [1.165, 1.54) is 0 Å². The summed E-state index contributed by atoms with van der Waals surface area (Å²) in [4.78, 5) is 0. The summed E-state index contributed by atoms with van der Waals surface area (Å²) < 4.78 is 3.51. The molecule has 0 atom stereocenters. The molecule has 9 heteroatoms. The number of thioether (sulfide) groups is 1.